The molecule has 0 N–H and O–H groups in total. The van der Waals surface area contributed by atoms with Crippen molar-refractivity contribution >= 4 is 0 Å². The van der Waals surface area contributed by atoms with E-state index in [0.717, 1.165) is 11.6 Å². The van der Waals surface area contributed by atoms with Crippen LogP contribution in [0.4, 0.5) is 13.2 Å². The minimum atomic E-state index is -4.24. The average molecular weight is 183 g/mol. The average Bonchev–Trinajstić information content (AvgIpc) is 2.47. The fourth-order valence-corrected chi connectivity index (χ4v) is 1.35. The van der Waals surface area contributed by atoms with E-state index in [2.05, 4.69) is 6.08 Å². The van der Waals surface area contributed by atoms with Crippen molar-refractivity contribution in [2.75, 3.05) is 0 Å². The summed E-state index contributed by atoms with van der Waals surface area (Å²) in [6.45, 7) is 0. The largest absolute Gasteiger partial charge is 0.414 e. The lowest BCUT2D eigenvalue weighted by Crippen LogP contribution is -2.05. The summed E-state index contributed by atoms with van der Waals surface area (Å²) in [7, 11) is 0. The van der Waals surface area contributed by atoms with Gasteiger partial charge in [-0.05, 0) is 0 Å². The third-order valence-corrected chi connectivity index (χ3v) is 2.01. The summed E-state index contributed by atoms with van der Waals surface area (Å²) in [6, 6.07) is 3.73. The molecule has 0 bridgehead atoms. The lowest BCUT2D eigenvalue weighted by atomic mass is 10.1. The molecule has 1 aliphatic rings. The first kappa shape index (κ1) is 8.35. The Morgan fingerprint density at radius 1 is 1.23 bits per heavy atom. The van der Waals surface area contributed by atoms with Gasteiger partial charge in [-0.2, -0.15) is 37.0 Å². The van der Waals surface area contributed by atoms with Gasteiger partial charge in [0.05, 0.1) is 0 Å². The molecule has 3 heteroatoms. The Labute approximate surface area is 73.7 Å². The molecule has 0 aliphatic heterocycles. The number of fused-ring (bicyclic) bond motifs is 1. The zero-order valence-electron chi connectivity index (χ0n) is 6.65. The van der Waals surface area contributed by atoms with Gasteiger partial charge in [0.15, 0.2) is 0 Å². The summed E-state index contributed by atoms with van der Waals surface area (Å²) in [4.78, 5) is 0. The SMILES string of the molecule is FC(F)(F)c1ccc2c(c1)CC=[C-]2. The minimum absolute atomic E-state index is 0.555. The van der Waals surface area contributed by atoms with Gasteiger partial charge in [-0.3, -0.25) is 0 Å². The molecule has 68 valence electrons. The van der Waals surface area contributed by atoms with Crippen LogP contribution in [0.5, 0.6) is 0 Å². The molecule has 0 amide bonds. The third-order valence-electron chi connectivity index (χ3n) is 2.01. The van der Waals surface area contributed by atoms with E-state index in [-0.39, 0.29) is 0 Å². The monoisotopic (exact) mass is 183 g/mol. The van der Waals surface area contributed by atoms with Gasteiger partial charge in [0, 0.05) is 5.56 Å². The van der Waals surface area contributed by atoms with Crippen LogP contribution in [0.3, 0.4) is 0 Å². The molecule has 0 spiro atoms. The third kappa shape index (κ3) is 1.46. The van der Waals surface area contributed by atoms with E-state index < -0.39 is 11.7 Å². The summed E-state index contributed by atoms with van der Waals surface area (Å²) >= 11 is 0. The van der Waals surface area contributed by atoms with E-state index in [0.29, 0.717) is 12.0 Å². The van der Waals surface area contributed by atoms with Crippen LogP contribution in [0.15, 0.2) is 24.3 Å². The molecule has 1 aromatic carbocycles. The van der Waals surface area contributed by atoms with Gasteiger partial charge < -0.3 is 0 Å². The predicted molar refractivity (Wildman–Crippen MR) is 42.1 cm³/mol. The Morgan fingerprint density at radius 3 is 2.69 bits per heavy atom. The first-order valence-corrected chi connectivity index (χ1v) is 3.86. The molecular formula is C10H6F3-. The van der Waals surface area contributed by atoms with Gasteiger partial charge in [0.25, 0.3) is 0 Å². The van der Waals surface area contributed by atoms with E-state index in [1.807, 2.05) is 0 Å². The molecular weight excluding hydrogens is 177 g/mol. The Balaban J connectivity index is 2.45. The molecule has 0 saturated carbocycles. The predicted octanol–water partition coefficient (Wildman–Crippen LogP) is 2.97. The molecule has 0 radical (unpaired) electrons. The number of halogens is 3. The highest BCUT2D eigenvalue weighted by Gasteiger charge is 2.29. The number of allylic oxidation sites excluding steroid dienone is 1. The van der Waals surface area contributed by atoms with Crippen LogP contribution in [-0.4, -0.2) is 0 Å². The first-order valence-electron chi connectivity index (χ1n) is 3.86. The van der Waals surface area contributed by atoms with Gasteiger partial charge in [-0.1, -0.05) is 6.42 Å². The van der Waals surface area contributed by atoms with Gasteiger partial charge in [-0.25, -0.2) is 0 Å². The molecule has 1 aromatic rings. The number of rotatable bonds is 0. The highest BCUT2D eigenvalue weighted by atomic mass is 19.4. The highest BCUT2D eigenvalue weighted by molar-refractivity contribution is 5.41. The molecule has 0 fully saturated rings. The minimum Gasteiger partial charge on any atom is -0.189 e. The molecule has 13 heavy (non-hydrogen) atoms. The molecule has 0 nitrogen and oxygen atoms in total. The molecule has 0 aromatic heterocycles. The summed E-state index contributed by atoms with van der Waals surface area (Å²) in [5.41, 5.74) is 0.895. The van der Waals surface area contributed by atoms with Crippen molar-refractivity contribution in [2.24, 2.45) is 0 Å². The Bertz CT molecular complexity index is 361. The summed E-state index contributed by atoms with van der Waals surface area (Å²) in [5.74, 6) is 0. The van der Waals surface area contributed by atoms with Crippen LogP contribution in [0.2, 0.25) is 0 Å². The maximum absolute atomic E-state index is 12.2. The molecule has 0 unspecified atom stereocenters. The van der Waals surface area contributed by atoms with Crippen molar-refractivity contribution < 1.29 is 13.2 Å². The standard InChI is InChI=1S/C10H6F3/c11-10(12,13)9-5-4-7-2-1-3-8(7)6-9/h1,4-6H,3H2/q-1. The van der Waals surface area contributed by atoms with Gasteiger partial charge in [0.1, 0.15) is 0 Å². The number of hydrogen-bond acceptors (Lipinski definition) is 0. The lowest BCUT2D eigenvalue weighted by molar-refractivity contribution is -0.137. The summed E-state index contributed by atoms with van der Waals surface area (Å²) < 4.78 is 36.7. The van der Waals surface area contributed by atoms with Crippen molar-refractivity contribution in [1.82, 2.24) is 0 Å². The molecule has 0 heterocycles. The number of alkyl halides is 3. The van der Waals surface area contributed by atoms with Crippen molar-refractivity contribution in [1.29, 1.82) is 0 Å². The van der Waals surface area contributed by atoms with E-state index >= 15 is 0 Å². The maximum Gasteiger partial charge on any atom is 0.414 e. The molecule has 1 aliphatic carbocycles. The fraction of sp³-hybridized carbons (Fsp3) is 0.200. The second kappa shape index (κ2) is 2.62. The highest BCUT2D eigenvalue weighted by Crippen LogP contribution is 2.31. The molecule has 0 saturated heterocycles. The topological polar surface area (TPSA) is 0 Å². The first-order chi connectivity index (χ1) is 6.07. The van der Waals surface area contributed by atoms with E-state index in [4.69, 9.17) is 0 Å². The van der Waals surface area contributed by atoms with Crippen LogP contribution in [0, 0.1) is 6.08 Å². The zero-order chi connectivity index (χ0) is 9.47. The van der Waals surface area contributed by atoms with E-state index in [9.17, 15) is 13.2 Å². The Kier molecular flexibility index (Phi) is 1.68. The summed E-state index contributed by atoms with van der Waals surface area (Å²) in [6.07, 6.45) is 0.944. The van der Waals surface area contributed by atoms with Crippen LogP contribution in [0.1, 0.15) is 16.7 Å². The van der Waals surface area contributed by atoms with Crippen LogP contribution >= 0.6 is 0 Å². The van der Waals surface area contributed by atoms with Crippen molar-refractivity contribution in [3.8, 4) is 0 Å². The number of benzene rings is 1. The molecule has 0 atom stereocenters. The van der Waals surface area contributed by atoms with Gasteiger partial charge >= 0.3 is 6.18 Å². The van der Waals surface area contributed by atoms with Gasteiger partial charge in [0.2, 0.25) is 0 Å². The number of hydrogen-bond donors (Lipinski definition) is 0. The van der Waals surface area contributed by atoms with Crippen LogP contribution < -0.4 is 0 Å². The molecule has 2 rings (SSSR count). The smallest absolute Gasteiger partial charge is 0.189 e. The maximum atomic E-state index is 12.2. The van der Waals surface area contributed by atoms with Crippen LogP contribution in [0.25, 0.3) is 0 Å². The van der Waals surface area contributed by atoms with Crippen molar-refractivity contribution in [2.45, 2.75) is 12.6 Å². The Morgan fingerprint density at radius 2 is 2.00 bits per heavy atom. The zero-order valence-corrected chi connectivity index (χ0v) is 6.65. The van der Waals surface area contributed by atoms with Gasteiger partial charge in [-0.15, -0.1) is 17.7 Å². The van der Waals surface area contributed by atoms with E-state index in [1.54, 1.807) is 6.08 Å². The quantitative estimate of drug-likeness (QED) is 0.542. The van der Waals surface area contributed by atoms with Crippen molar-refractivity contribution in [3.63, 3.8) is 0 Å². The Hall–Kier alpha value is -1.25. The fourth-order valence-electron chi connectivity index (χ4n) is 1.35. The summed E-state index contributed by atoms with van der Waals surface area (Å²) in [5, 5.41) is 0. The van der Waals surface area contributed by atoms with Crippen LogP contribution in [-0.2, 0) is 12.6 Å². The second-order valence-electron chi connectivity index (χ2n) is 2.92. The van der Waals surface area contributed by atoms with Crippen molar-refractivity contribution in [3.05, 3.63) is 47.0 Å². The second-order valence-corrected chi connectivity index (χ2v) is 2.92. The van der Waals surface area contributed by atoms with E-state index in [1.165, 1.54) is 12.1 Å². The lowest BCUT2D eigenvalue weighted by Gasteiger charge is -2.13. The normalized spacial score (nSPS) is 14.7.